The topological polar surface area (TPSA) is 46.5 Å². The molecule has 0 saturated heterocycles. The fraction of sp³-hybridized carbons (Fsp3) is 0.588. The van der Waals surface area contributed by atoms with Gasteiger partial charge in [-0.25, -0.2) is 4.79 Å². The molecule has 0 aliphatic carbocycles. The molecule has 1 aromatic rings. The van der Waals surface area contributed by atoms with Crippen LogP contribution in [0.4, 0.5) is 0 Å². The number of methoxy groups -OCH3 is 1. The Morgan fingerprint density at radius 1 is 1.20 bits per heavy atom. The Labute approximate surface area is 122 Å². The van der Waals surface area contributed by atoms with Crippen LogP contribution in [0.25, 0.3) is 0 Å². The van der Waals surface area contributed by atoms with Gasteiger partial charge in [-0.15, -0.1) is 0 Å². The molecule has 20 heavy (non-hydrogen) atoms. The van der Waals surface area contributed by atoms with Crippen LogP contribution in [0, 0.1) is 5.92 Å². The Kier molecular flexibility index (Phi) is 7.31. The minimum absolute atomic E-state index is 0.0997. The van der Waals surface area contributed by atoms with Gasteiger partial charge < -0.3 is 9.84 Å². The van der Waals surface area contributed by atoms with Gasteiger partial charge in [0.1, 0.15) is 0 Å². The summed E-state index contributed by atoms with van der Waals surface area (Å²) in [6, 6.07) is 7.18. The van der Waals surface area contributed by atoms with Gasteiger partial charge in [0.05, 0.1) is 11.7 Å². The molecule has 1 unspecified atom stereocenters. The maximum Gasteiger partial charge on any atom is 0.335 e. The van der Waals surface area contributed by atoms with Crippen molar-refractivity contribution in [2.45, 2.75) is 52.1 Å². The Bertz CT molecular complexity index is 412. The number of carbonyl (C=O) groups is 1. The highest BCUT2D eigenvalue weighted by atomic mass is 16.5. The zero-order valence-corrected chi connectivity index (χ0v) is 12.8. The van der Waals surface area contributed by atoms with E-state index in [1.165, 1.54) is 12.8 Å². The number of rotatable bonds is 9. The molecule has 0 aromatic heterocycles. The summed E-state index contributed by atoms with van der Waals surface area (Å²) in [5, 5.41) is 9.19. The van der Waals surface area contributed by atoms with Crippen molar-refractivity contribution in [1.29, 1.82) is 0 Å². The van der Waals surface area contributed by atoms with Gasteiger partial charge in [0.25, 0.3) is 0 Å². The summed E-state index contributed by atoms with van der Waals surface area (Å²) < 4.78 is 5.50. The number of unbranched alkanes of at least 4 members (excludes halogenated alkanes) is 1. The quantitative estimate of drug-likeness (QED) is 0.690. The van der Waals surface area contributed by atoms with E-state index >= 15 is 0 Å². The van der Waals surface area contributed by atoms with Gasteiger partial charge in [-0.1, -0.05) is 51.3 Å². The third-order valence-electron chi connectivity index (χ3n) is 3.59. The van der Waals surface area contributed by atoms with Gasteiger partial charge in [-0.05, 0) is 30.4 Å². The molecule has 0 fully saturated rings. The van der Waals surface area contributed by atoms with Crippen LogP contribution in [0.2, 0.25) is 0 Å². The average molecular weight is 278 g/mol. The van der Waals surface area contributed by atoms with Crippen molar-refractivity contribution >= 4 is 5.97 Å². The van der Waals surface area contributed by atoms with Crippen LogP contribution in [0.5, 0.6) is 0 Å². The smallest absolute Gasteiger partial charge is 0.335 e. The SMILES string of the molecule is COC(CCCCC(C)C)Cc1ccccc1C(=O)O. The molecule has 0 radical (unpaired) electrons. The van der Waals surface area contributed by atoms with Gasteiger partial charge in [-0.2, -0.15) is 0 Å². The van der Waals surface area contributed by atoms with Gasteiger partial charge in [0.15, 0.2) is 0 Å². The van der Waals surface area contributed by atoms with Crippen LogP contribution in [0.1, 0.15) is 55.5 Å². The maximum absolute atomic E-state index is 11.2. The number of carboxylic acid groups (broad SMARTS) is 1. The maximum atomic E-state index is 11.2. The summed E-state index contributed by atoms with van der Waals surface area (Å²) in [5.74, 6) is -0.126. The summed E-state index contributed by atoms with van der Waals surface area (Å²) in [7, 11) is 1.70. The largest absolute Gasteiger partial charge is 0.478 e. The van der Waals surface area contributed by atoms with Crippen molar-refractivity contribution in [2.24, 2.45) is 5.92 Å². The highest BCUT2D eigenvalue weighted by Gasteiger charge is 2.14. The highest BCUT2D eigenvalue weighted by molar-refractivity contribution is 5.89. The number of ether oxygens (including phenoxy) is 1. The van der Waals surface area contributed by atoms with Gasteiger partial charge in [-0.3, -0.25) is 0 Å². The first kappa shape index (κ1) is 16.7. The molecule has 1 N–H and O–H groups in total. The van der Waals surface area contributed by atoms with E-state index in [9.17, 15) is 9.90 Å². The summed E-state index contributed by atoms with van der Waals surface area (Å²) >= 11 is 0. The fourth-order valence-electron chi connectivity index (χ4n) is 2.38. The molecule has 0 aliphatic heterocycles. The number of hydrogen-bond donors (Lipinski definition) is 1. The lowest BCUT2D eigenvalue weighted by Gasteiger charge is -2.17. The summed E-state index contributed by atoms with van der Waals surface area (Å²) in [6.45, 7) is 4.47. The highest BCUT2D eigenvalue weighted by Crippen LogP contribution is 2.17. The molecular formula is C17H26O3. The molecule has 3 nitrogen and oxygen atoms in total. The van der Waals surface area contributed by atoms with Crippen molar-refractivity contribution < 1.29 is 14.6 Å². The minimum Gasteiger partial charge on any atom is -0.478 e. The van der Waals surface area contributed by atoms with E-state index in [-0.39, 0.29) is 6.10 Å². The third-order valence-corrected chi connectivity index (χ3v) is 3.59. The first-order valence-electron chi connectivity index (χ1n) is 7.38. The Morgan fingerprint density at radius 2 is 1.85 bits per heavy atom. The number of benzene rings is 1. The standard InChI is InChI=1S/C17H26O3/c1-13(2)8-4-6-10-15(20-3)12-14-9-5-7-11-16(14)17(18)19/h5,7,9,11,13,15H,4,6,8,10,12H2,1-3H3,(H,18,19). The molecule has 3 heteroatoms. The summed E-state index contributed by atoms with van der Waals surface area (Å²) in [4.78, 5) is 11.2. The van der Waals surface area contributed by atoms with Crippen molar-refractivity contribution in [3.05, 3.63) is 35.4 Å². The Morgan fingerprint density at radius 3 is 2.45 bits per heavy atom. The number of hydrogen-bond acceptors (Lipinski definition) is 2. The lowest BCUT2D eigenvalue weighted by Crippen LogP contribution is -2.16. The normalized spacial score (nSPS) is 12.6. The second-order valence-corrected chi connectivity index (χ2v) is 5.70. The Hall–Kier alpha value is -1.35. The zero-order valence-electron chi connectivity index (χ0n) is 12.8. The van der Waals surface area contributed by atoms with E-state index in [4.69, 9.17) is 4.74 Å². The van der Waals surface area contributed by atoms with Crippen LogP contribution in [-0.2, 0) is 11.2 Å². The second-order valence-electron chi connectivity index (χ2n) is 5.70. The molecule has 0 bridgehead atoms. The molecule has 1 aromatic carbocycles. The molecule has 0 amide bonds. The lowest BCUT2D eigenvalue weighted by molar-refractivity contribution is 0.0691. The van der Waals surface area contributed by atoms with E-state index in [0.717, 1.165) is 24.3 Å². The summed E-state index contributed by atoms with van der Waals surface area (Å²) in [5.41, 5.74) is 1.24. The van der Waals surface area contributed by atoms with E-state index in [0.29, 0.717) is 12.0 Å². The first-order valence-corrected chi connectivity index (χ1v) is 7.38. The summed E-state index contributed by atoms with van der Waals surface area (Å²) in [6.07, 6.45) is 5.33. The van der Waals surface area contributed by atoms with E-state index in [1.807, 2.05) is 12.1 Å². The van der Waals surface area contributed by atoms with E-state index in [2.05, 4.69) is 13.8 Å². The number of aromatic carboxylic acids is 1. The zero-order chi connectivity index (χ0) is 15.0. The molecule has 1 rings (SSSR count). The van der Waals surface area contributed by atoms with Gasteiger partial charge in [0, 0.05) is 7.11 Å². The van der Waals surface area contributed by atoms with Crippen LogP contribution in [0.3, 0.4) is 0 Å². The number of carboxylic acids is 1. The minimum atomic E-state index is -0.865. The van der Waals surface area contributed by atoms with Gasteiger partial charge in [0.2, 0.25) is 0 Å². The fourth-order valence-corrected chi connectivity index (χ4v) is 2.38. The van der Waals surface area contributed by atoms with Crippen LogP contribution in [0.15, 0.2) is 24.3 Å². The molecule has 0 heterocycles. The van der Waals surface area contributed by atoms with Crippen molar-refractivity contribution in [3.8, 4) is 0 Å². The molecule has 0 aliphatic rings. The molecular weight excluding hydrogens is 252 g/mol. The van der Waals surface area contributed by atoms with Gasteiger partial charge >= 0.3 is 5.97 Å². The second kappa shape index (κ2) is 8.75. The third kappa shape index (κ3) is 5.74. The van der Waals surface area contributed by atoms with Crippen LogP contribution in [-0.4, -0.2) is 24.3 Å². The predicted molar refractivity (Wildman–Crippen MR) is 81.2 cm³/mol. The molecule has 0 saturated carbocycles. The van der Waals surface area contributed by atoms with Crippen LogP contribution < -0.4 is 0 Å². The average Bonchev–Trinajstić information content (AvgIpc) is 2.42. The van der Waals surface area contributed by atoms with E-state index < -0.39 is 5.97 Å². The Balaban J connectivity index is 2.53. The van der Waals surface area contributed by atoms with Crippen LogP contribution >= 0.6 is 0 Å². The monoisotopic (exact) mass is 278 g/mol. The van der Waals surface area contributed by atoms with Crippen molar-refractivity contribution in [2.75, 3.05) is 7.11 Å². The van der Waals surface area contributed by atoms with E-state index in [1.54, 1.807) is 19.2 Å². The molecule has 112 valence electrons. The van der Waals surface area contributed by atoms with Crippen molar-refractivity contribution in [1.82, 2.24) is 0 Å². The first-order chi connectivity index (χ1) is 9.54. The lowest BCUT2D eigenvalue weighted by atomic mass is 9.97. The van der Waals surface area contributed by atoms with Crippen molar-refractivity contribution in [3.63, 3.8) is 0 Å². The predicted octanol–water partition coefficient (Wildman–Crippen LogP) is 4.16. The molecule has 0 spiro atoms. The molecule has 1 atom stereocenters.